The smallest absolute Gasteiger partial charge is 0.251 e. The van der Waals surface area contributed by atoms with Crippen LogP contribution < -0.4 is 5.32 Å². The molecule has 0 heterocycles. The normalized spacial score (nSPS) is 11.7. The highest BCUT2D eigenvalue weighted by Gasteiger charge is 2.21. The van der Waals surface area contributed by atoms with Crippen molar-refractivity contribution >= 4 is 23.3 Å². The molecule has 3 rings (SSSR count). The number of amides is 1. The maximum Gasteiger partial charge on any atom is 0.251 e. The highest BCUT2D eigenvalue weighted by Crippen LogP contribution is 2.14. The molecule has 0 fully saturated rings. The van der Waals surface area contributed by atoms with Crippen LogP contribution in [-0.2, 0) is 17.6 Å². The molecule has 3 aromatic carbocycles. The van der Waals surface area contributed by atoms with Gasteiger partial charge in [0.2, 0.25) is 0 Å². The van der Waals surface area contributed by atoms with Crippen LogP contribution in [0.5, 0.6) is 0 Å². The molecule has 0 unspecified atom stereocenters. The molecule has 1 amide bonds. The van der Waals surface area contributed by atoms with Crippen LogP contribution in [0.4, 0.5) is 4.39 Å². The van der Waals surface area contributed by atoms with E-state index in [0.29, 0.717) is 23.4 Å². The van der Waals surface area contributed by atoms with E-state index in [2.05, 4.69) is 17.4 Å². The number of benzene rings is 3. The minimum atomic E-state index is -0.657. The first kappa shape index (κ1) is 22.7. The Morgan fingerprint density at radius 2 is 1.52 bits per heavy atom. The Hall–Kier alpha value is -2.98. The summed E-state index contributed by atoms with van der Waals surface area (Å²) < 4.78 is 13.2. The van der Waals surface area contributed by atoms with Crippen LogP contribution in [0, 0.1) is 5.82 Å². The van der Waals surface area contributed by atoms with Crippen LogP contribution in [0.3, 0.4) is 0 Å². The lowest BCUT2D eigenvalue weighted by molar-refractivity contribution is -0.121. The van der Waals surface area contributed by atoms with Gasteiger partial charge < -0.3 is 5.32 Å². The number of carbonyl (C=O) groups excluding carboxylic acids is 2. The number of hydrogen-bond donors (Lipinski definition) is 1. The molecule has 0 saturated carbocycles. The molecular weight excluding hydrogens is 413 g/mol. The van der Waals surface area contributed by atoms with Crippen LogP contribution in [0.25, 0.3) is 0 Å². The number of halogens is 2. The zero-order valence-corrected chi connectivity index (χ0v) is 17.9. The topological polar surface area (TPSA) is 46.2 Å². The highest BCUT2D eigenvalue weighted by molar-refractivity contribution is 6.30. The van der Waals surface area contributed by atoms with Crippen molar-refractivity contribution in [3.8, 4) is 0 Å². The average Bonchev–Trinajstić information content (AvgIpc) is 2.78. The summed E-state index contributed by atoms with van der Waals surface area (Å²) in [5.41, 5.74) is 2.48. The molecule has 0 spiro atoms. The van der Waals surface area contributed by atoms with Crippen molar-refractivity contribution < 1.29 is 14.0 Å². The fourth-order valence-corrected chi connectivity index (χ4v) is 3.52. The number of ketones is 1. The molecule has 1 atom stereocenters. The lowest BCUT2D eigenvalue weighted by atomic mass is 9.97. The van der Waals surface area contributed by atoms with Gasteiger partial charge in [0, 0.05) is 17.0 Å². The van der Waals surface area contributed by atoms with Crippen molar-refractivity contribution in [1.82, 2.24) is 5.32 Å². The third-order valence-corrected chi connectivity index (χ3v) is 5.39. The van der Waals surface area contributed by atoms with E-state index in [1.54, 1.807) is 12.1 Å². The Morgan fingerprint density at radius 3 is 2.19 bits per heavy atom. The molecule has 0 saturated heterocycles. The molecular formula is C26H25ClFNO2. The number of hydrogen-bond acceptors (Lipinski definition) is 2. The van der Waals surface area contributed by atoms with E-state index >= 15 is 0 Å². The van der Waals surface area contributed by atoms with Gasteiger partial charge in [0.15, 0.2) is 5.78 Å². The van der Waals surface area contributed by atoms with Gasteiger partial charge in [0.1, 0.15) is 5.82 Å². The third kappa shape index (κ3) is 7.34. The Morgan fingerprint density at radius 1 is 0.839 bits per heavy atom. The summed E-state index contributed by atoms with van der Waals surface area (Å²) in [6, 6.07) is 22.0. The first-order valence-corrected chi connectivity index (χ1v) is 10.8. The maximum atomic E-state index is 13.2. The van der Waals surface area contributed by atoms with Crippen LogP contribution >= 0.6 is 11.6 Å². The lowest BCUT2D eigenvalue weighted by Crippen LogP contribution is -2.42. The Bertz CT molecular complexity index is 988. The lowest BCUT2D eigenvalue weighted by Gasteiger charge is -2.18. The van der Waals surface area contributed by atoms with Crippen molar-refractivity contribution in [2.24, 2.45) is 0 Å². The van der Waals surface area contributed by atoms with Crippen LogP contribution in [-0.4, -0.2) is 17.7 Å². The Labute approximate surface area is 187 Å². The van der Waals surface area contributed by atoms with Crippen LogP contribution in [0.2, 0.25) is 5.02 Å². The summed E-state index contributed by atoms with van der Waals surface area (Å²) in [6.45, 7) is 0. The van der Waals surface area contributed by atoms with E-state index in [0.717, 1.165) is 24.8 Å². The quantitative estimate of drug-likeness (QED) is 0.407. The van der Waals surface area contributed by atoms with Gasteiger partial charge in [0.25, 0.3) is 5.91 Å². The maximum absolute atomic E-state index is 13.2. The number of Topliss-reactive ketones (excluding diaryl/α,β-unsaturated/α-hetero) is 1. The summed E-state index contributed by atoms with van der Waals surface area (Å²) in [7, 11) is 0. The molecule has 5 heteroatoms. The summed E-state index contributed by atoms with van der Waals surface area (Å²) in [4.78, 5) is 25.6. The third-order valence-electron chi connectivity index (χ3n) is 5.13. The number of rotatable bonds is 10. The number of unbranched alkanes of at least 4 members (excludes halogenated alkanes) is 1. The summed E-state index contributed by atoms with van der Waals surface area (Å²) in [5, 5.41) is 3.44. The molecule has 0 aliphatic heterocycles. The SMILES string of the molecule is O=C(N[C@@H](Cc1ccc(Cl)cc1)C(=O)CCCCc1ccccc1)c1ccc(F)cc1. The predicted octanol–water partition coefficient (Wildman–Crippen LogP) is 5.80. The summed E-state index contributed by atoms with van der Waals surface area (Å²) >= 11 is 5.96. The minimum Gasteiger partial charge on any atom is -0.342 e. The average molecular weight is 438 g/mol. The second kappa shape index (κ2) is 11.4. The molecule has 31 heavy (non-hydrogen) atoms. The highest BCUT2D eigenvalue weighted by atomic mass is 35.5. The molecule has 0 aromatic heterocycles. The van der Waals surface area contributed by atoms with Gasteiger partial charge in [0.05, 0.1) is 6.04 Å². The molecule has 160 valence electrons. The van der Waals surface area contributed by atoms with Crippen molar-refractivity contribution in [3.05, 3.63) is 106 Å². The minimum absolute atomic E-state index is 0.0153. The largest absolute Gasteiger partial charge is 0.342 e. The van der Waals surface area contributed by atoms with Crippen LogP contribution in [0.1, 0.15) is 40.7 Å². The zero-order valence-electron chi connectivity index (χ0n) is 17.2. The fraction of sp³-hybridized carbons (Fsp3) is 0.231. The molecule has 0 radical (unpaired) electrons. The van der Waals surface area contributed by atoms with E-state index < -0.39 is 17.8 Å². The summed E-state index contributed by atoms with van der Waals surface area (Å²) in [6.07, 6.45) is 3.32. The van der Waals surface area contributed by atoms with Crippen molar-refractivity contribution in [1.29, 1.82) is 0 Å². The Kier molecular flexibility index (Phi) is 8.36. The molecule has 0 bridgehead atoms. The number of nitrogens with one attached hydrogen (secondary N) is 1. The van der Waals surface area contributed by atoms with Gasteiger partial charge in [-0.25, -0.2) is 4.39 Å². The summed E-state index contributed by atoms with van der Waals surface area (Å²) in [5.74, 6) is -0.821. The molecule has 1 N–H and O–H groups in total. The van der Waals surface area contributed by atoms with E-state index in [-0.39, 0.29) is 5.78 Å². The standard InChI is InChI=1S/C26H25ClFNO2/c27-22-14-10-20(11-15-22)18-24(29-26(31)21-12-16-23(28)17-13-21)25(30)9-5-4-8-19-6-2-1-3-7-19/h1-3,6-7,10-17,24H,4-5,8-9,18H2,(H,29,31)/t24-/m0/s1. The van der Waals surface area contributed by atoms with Crippen LogP contribution in [0.15, 0.2) is 78.9 Å². The molecule has 3 nitrogen and oxygen atoms in total. The van der Waals surface area contributed by atoms with E-state index in [4.69, 9.17) is 11.6 Å². The fourth-order valence-electron chi connectivity index (χ4n) is 3.39. The van der Waals surface area contributed by atoms with E-state index in [9.17, 15) is 14.0 Å². The molecule has 0 aliphatic carbocycles. The van der Waals surface area contributed by atoms with Gasteiger partial charge >= 0.3 is 0 Å². The van der Waals surface area contributed by atoms with Crippen molar-refractivity contribution in [2.75, 3.05) is 0 Å². The second-order valence-electron chi connectivity index (χ2n) is 7.52. The number of carbonyl (C=O) groups is 2. The zero-order chi connectivity index (χ0) is 22.1. The van der Waals surface area contributed by atoms with Gasteiger partial charge in [-0.3, -0.25) is 9.59 Å². The predicted molar refractivity (Wildman–Crippen MR) is 122 cm³/mol. The van der Waals surface area contributed by atoms with Gasteiger partial charge in [-0.1, -0.05) is 54.1 Å². The van der Waals surface area contributed by atoms with Crippen molar-refractivity contribution in [2.45, 2.75) is 38.1 Å². The molecule has 0 aliphatic rings. The monoisotopic (exact) mass is 437 g/mol. The molecule has 3 aromatic rings. The Balaban J connectivity index is 1.62. The van der Waals surface area contributed by atoms with E-state index in [1.165, 1.54) is 29.8 Å². The second-order valence-corrected chi connectivity index (χ2v) is 7.96. The first-order chi connectivity index (χ1) is 15.0. The van der Waals surface area contributed by atoms with E-state index in [1.807, 2.05) is 30.3 Å². The number of aryl methyl sites for hydroxylation is 1. The van der Waals surface area contributed by atoms with Gasteiger partial charge in [-0.15, -0.1) is 0 Å². The first-order valence-electron chi connectivity index (χ1n) is 10.4. The van der Waals surface area contributed by atoms with Crippen molar-refractivity contribution in [3.63, 3.8) is 0 Å². The van der Waals surface area contributed by atoms with Gasteiger partial charge in [-0.2, -0.15) is 0 Å². The van der Waals surface area contributed by atoms with Gasteiger partial charge in [-0.05, 0) is 73.2 Å².